The average molecular weight is 208 g/mol. The van der Waals surface area contributed by atoms with Crippen LogP contribution in [0.5, 0.6) is 5.75 Å². The molecule has 1 aromatic carbocycles. The van der Waals surface area contributed by atoms with E-state index < -0.39 is 0 Å². The lowest BCUT2D eigenvalue weighted by molar-refractivity contribution is 0.112. The molecule has 0 spiro atoms. The quantitative estimate of drug-likeness (QED) is 0.673. The summed E-state index contributed by atoms with van der Waals surface area (Å²) in [5, 5.41) is 0. The van der Waals surface area contributed by atoms with E-state index in [0.29, 0.717) is 18.8 Å². The Balaban J connectivity index is 2.87. The maximum Gasteiger partial charge on any atom is 0.150 e. The van der Waals surface area contributed by atoms with E-state index in [-0.39, 0.29) is 0 Å². The Hall–Kier alpha value is -1.35. The highest BCUT2D eigenvalue weighted by atomic mass is 16.5. The van der Waals surface area contributed by atoms with Gasteiger partial charge in [0.15, 0.2) is 0 Å². The van der Waals surface area contributed by atoms with Crippen LogP contribution in [0.1, 0.15) is 29.3 Å². The van der Waals surface area contributed by atoms with Crippen LogP contribution in [-0.2, 0) is 11.3 Å². The summed E-state index contributed by atoms with van der Waals surface area (Å²) in [6.45, 7) is 3.19. The lowest BCUT2D eigenvalue weighted by atomic mass is 10.1. The van der Waals surface area contributed by atoms with E-state index in [4.69, 9.17) is 9.47 Å². The topological polar surface area (TPSA) is 35.5 Å². The fourth-order valence-electron chi connectivity index (χ4n) is 1.29. The summed E-state index contributed by atoms with van der Waals surface area (Å²) in [5.41, 5.74) is 1.56. The van der Waals surface area contributed by atoms with Crippen molar-refractivity contribution >= 4 is 6.29 Å². The monoisotopic (exact) mass is 208 g/mol. The minimum Gasteiger partial charge on any atom is -0.493 e. The van der Waals surface area contributed by atoms with Crippen LogP contribution in [0.3, 0.4) is 0 Å². The Morgan fingerprint density at radius 2 is 2.20 bits per heavy atom. The Morgan fingerprint density at radius 3 is 2.80 bits per heavy atom. The number of aldehydes is 1. The number of rotatable bonds is 6. The number of ether oxygens (including phenoxy) is 2. The summed E-state index contributed by atoms with van der Waals surface area (Å²) in [6.07, 6.45) is 1.78. The van der Waals surface area contributed by atoms with Crippen molar-refractivity contribution in [2.45, 2.75) is 20.0 Å². The predicted molar refractivity (Wildman–Crippen MR) is 58.3 cm³/mol. The molecule has 0 unspecified atom stereocenters. The standard InChI is InChI=1S/C12H16O3/c1-3-6-15-12-5-4-10(8-13)7-11(12)9-14-2/h4-5,7-8H,3,6,9H2,1-2H3. The Morgan fingerprint density at radius 1 is 1.40 bits per heavy atom. The summed E-state index contributed by atoms with van der Waals surface area (Å²) in [6, 6.07) is 5.35. The van der Waals surface area contributed by atoms with Gasteiger partial charge in [0, 0.05) is 18.2 Å². The number of carbonyl (C=O) groups excluding carboxylic acids is 1. The summed E-state index contributed by atoms with van der Waals surface area (Å²) >= 11 is 0. The van der Waals surface area contributed by atoms with E-state index >= 15 is 0 Å². The third-order valence-corrected chi connectivity index (χ3v) is 1.98. The highest BCUT2D eigenvalue weighted by molar-refractivity contribution is 5.75. The van der Waals surface area contributed by atoms with Gasteiger partial charge in [-0.1, -0.05) is 6.92 Å². The molecule has 0 saturated heterocycles. The molecular weight excluding hydrogens is 192 g/mol. The smallest absolute Gasteiger partial charge is 0.150 e. The third kappa shape index (κ3) is 3.36. The van der Waals surface area contributed by atoms with Crippen LogP contribution in [0, 0.1) is 0 Å². The molecule has 0 saturated carbocycles. The third-order valence-electron chi connectivity index (χ3n) is 1.98. The molecule has 0 radical (unpaired) electrons. The molecule has 0 aliphatic heterocycles. The molecule has 0 aromatic heterocycles. The lowest BCUT2D eigenvalue weighted by Crippen LogP contribution is -2.00. The van der Waals surface area contributed by atoms with Crippen molar-refractivity contribution in [1.82, 2.24) is 0 Å². The molecule has 0 bridgehead atoms. The fourth-order valence-corrected chi connectivity index (χ4v) is 1.29. The van der Waals surface area contributed by atoms with Gasteiger partial charge in [0.1, 0.15) is 12.0 Å². The van der Waals surface area contributed by atoms with Crippen molar-refractivity contribution < 1.29 is 14.3 Å². The van der Waals surface area contributed by atoms with Crippen LogP contribution in [0.2, 0.25) is 0 Å². The van der Waals surface area contributed by atoms with Crippen molar-refractivity contribution in [3.05, 3.63) is 29.3 Å². The van der Waals surface area contributed by atoms with Crippen LogP contribution in [-0.4, -0.2) is 20.0 Å². The van der Waals surface area contributed by atoms with Gasteiger partial charge in [-0.25, -0.2) is 0 Å². The maximum atomic E-state index is 10.6. The number of carbonyl (C=O) groups is 1. The van der Waals surface area contributed by atoms with Gasteiger partial charge >= 0.3 is 0 Å². The number of hydrogen-bond acceptors (Lipinski definition) is 3. The number of methoxy groups -OCH3 is 1. The van der Waals surface area contributed by atoms with Crippen molar-refractivity contribution in [3.63, 3.8) is 0 Å². The van der Waals surface area contributed by atoms with Crippen LogP contribution >= 0.6 is 0 Å². The SMILES string of the molecule is CCCOc1ccc(C=O)cc1COC. The van der Waals surface area contributed by atoms with Crippen molar-refractivity contribution in [3.8, 4) is 5.75 Å². The second kappa shape index (κ2) is 6.19. The Bertz CT molecular complexity index is 321. The number of benzene rings is 1. The van der Waals surface area contributed by atoms with E-state index in [0.717, 1.165) is 24.0 Å². The Labute approximate surface area is 90.0 Å². The zero-order chi connectivity index (χ0) is 11.1. The molecule has 0 N–H and O–H groups in total. The first-order chi connectivity index (χ1) is 7.31. The summed E-state index contributed by atoms with van der Waals surface area (Å²) in [5.74, 6) is 0.796. The first-order valence-corrected chi connectivity index (χ1v) is 5.01. The van der Waals surface area contributed by atoms with Crippen LogP contribution in [0.4, 0.5) is 0 Å². The van der Waals surface area contributed by atoms with Crippen molar-refractivity contribution in [2.75, 3.05) is 13.7 Å². The van der Waals surface area contributed by atoms with Crippen molar-refractivity contribution in [1.29, 1.82) is 0 Å². The largest absolute Gasteiger partial charge is 0.493 e. The molecule has 3 nitrogen and oxygen atoms in total. The second-order valence-electron chi connectivity index (χ2n) is 3.27. The molecule has 0 aliphatic rings. The first kappa shape index (κ1) is 11.7. The average Bonchev–Trinajstić information content (AvgIpc) is 2.27. The molecule has 82 valence electrons. The number of hydrogen-bond donors (Lipinski definition) is 0. The molecule has 1 aromatic rings. The normalized spacial score (nSPS) is 10.0. The molecule has 15 heavy (non-hydrogen) atoms. The fraction of sp³-hybridized carbons (Fsp3) is 0.417. The highest BCUT2D eigenvalue weighted by Crippen LogP contribution is 2.20. The molecule has 3 heteroatoms. The summed E-state index contributed by atoms with van der Waals surface area (Å²) in [7, 11) is 1.62. The molecular formula is C12H16O3. The molecule has 0 aliphatic carbocycles. The zero-order valence-corrected chi connectivity index (χ0v) is 9.16. The molecule has 0 heterocycles. The predicted octanol–water partition coefficient (Wildman–Crippen LogP) is 2.43. The van der Waals surface area contributed by atoms with Gasteiger partial charge in [-0.3, -0.25) is 4.79 Å². The van der Waals surface area contributed by atoms with E-state index in [1.165, 1.54) is 0 Å². The second-order valence-corrected chi connectivity index (χ2v) is 3.27. The minimum absolute atomic E-state index is 0.459. The van der Waals surface area contributed by atoms with Gasteiger partial charge in [-0.05, 0) is 24.6 Å². The molecule has 1 rings (SSSR count). The van der Waals surface area contributed by atoms with Gasteiger partial charge < -0.3 is 9.47 Å². The van der Waals surface area contributed by atoms with Gasteiger partial charge in [0.2, 0.25) is 0 Å². The summed E-state index contributed by atoms with van der Waals surface area (Å²) in [4.78, 5) is 10.6. The van der Waals surface area contributed by atoms with E-state index in [1.54, 1.807) is 19.2 Å². The van der Waals surface area contributed by atoms with E-state index in [9.17, 15) is 4.79 Å². The first-order valence-electron chi connectivity index (χ1n) is 5.01. The minimum atomic E-state index is 0.459. The van der Waals surface area contributed by atoms with Gasteiger partial charge in [0.25, 0.3) is 0 Å². The molecule has 0 fully saturated rings. The van der Waals surface area contributed by atoms with Crippen LogP contribution < -0.4 is 4.74 Å². The summed E-state index contributed by atoms with van der Waals surface area (Å²) < 4.78 is 10.6. The molecule has 0 amide bonds. The maximum absolute atomic E-state index is 10.6. The van der Waals surface area contributed by atoms with E-state index in [1.807, 2.05) is 6.07 Å². The van der Waals surface area contributed by atoms with Crippen LogP contribution in [0.25, 0.3) is 0 Å². The van der Waals surface area contributed by atoms with Gasteiger partial charge in [-0.2, -0.15) is 0 Å². The van der Waals surface area contributed by atoms with Gasteiger partial charge in [-0.15, -0.1) is 0 Å². The van der Waals surface area contributed by atoms with Crippen molar-refractivity contribution in [2.24, 2.45) is 0 Å². The van der Waals surface area contributed by atoms with Crippen LogP contribution in [0.15, 0.2) is 18.2 Å². The Kier molecular flexibility index (Phi) is 4.84. The highest BCUT2D eigenvalue weighted by Gasteiger charge is 2.04. The van der Waals surface area contributed by atoms with E-state index in [2.05, 4.69) is 6.92 Å². The molecule has 0 atom stereocenters. The lowest BCUT2D eigenvalue weighted by Gasteiger charge is -2.10. The van der Waals surface area contributed by atoms with Gasteiger partial charge in [0.05, 0.1) is 13.2 Å². The zero-order valence-electron chi connectivity index (χ0n) is 9.16.